The van der Waals surface area contributed by atoms with Crippen LogP contribution in [0.15, 0.2) is 6.07 Å². The van der Waals surface area contributed by atoms with Gasteiger partial charge in [-0.1, -0.05) is 11.6 Å². The molecular formula is C8H10ClN3O. The predicted molar refractivity (Wildman–Crippen MR) is 49.4 cm³/mol. The van der Waals surface area contributed by atoms with Gasteiger partial charge in [-0.05, 0) is 12.8 Å². The van der Waals surface area contributed by atoms with E-state index in [0.717, 1.165) is 19.4 Å². The number of hydrogen-bond donors (Lipinski definition) is 1. The summed E-state index contributed by atoms with van der Waals surface area (Å²) in [5.41, 5.74) is 5.54. The fourth-order valence-electron chi connectivity index (χ4n) is 1.38. The van der Waals surface area contributed by atoms with Gasteiger partial charge in [-0.3, -0.25) is 0 Å². The number of halogens is 1. The van der Waals surface area contributed by atoms with E-state index in [1.54, 1.807) is 0 Å². The van der Waals surface area contributed by atoms with Gasteiger partial charge in [0.15, 0.2) is 5.82 Å². The van der Waals surface area contributed by atoms with Crippen LogP contribution < -0.4 is 5.73 Å². The van der Waals surface area contributed by atoms with Gasteiger partial charge in [-0.15, -0.1) is 0 Å². The zero-order chi connectivity index (χ0) is 9.26. The lowest BCUT2D eigenvalue weighted by Crippen LogP contribution is -2.05. The van der Waals surface area contributed by atoms with E-state index in [1.165, 1.54) is 6.07 Å². The third-order valence-corrected chi connectivity index (χ3v) is 2.14. The summed E-state index contributed by atoms with van der Waals surface area (Å²) in [6.07, 6.45) is 1.96. The number of nitrogen functional groups attached to an aromatic ring is 1. The number of aromatic nitrogens is 2. The highest BCUT2D eigenvalue weighted by Crippen LogP contribution is 2.27. The first-order chi connectivity index (χ1) is 6.25. The number of rotatable bonds is 1. The van der Waals surface area contributed by atoms with Crippen molar-refractivity contribution in [2.24, 2.45) is 0 Å². The van der Waals surface area contributed by atoms with E-state index in [4.69, 9.17) is 22.1 Å². The molecular weight excluding hydrogens is 190 g/mol. The highest BCUT2D eigenvalue weighted by Gasteiger charge is 2.20. The molecule has 0 saturated carbocycles. The second-order valence-corrected chi connectivity index (χ2v) is 3.36. The van der Waals surface area contributed by atoms with E-state index in [0.29, 0.717) is 16.8 Å². The third-order valence-electron chi connectivity index (χ3n) is 1.95. The average Bonchev–Trinajstić information content (AvgIpc) is 2.53. The molecule has 0 aliphatic carbocycles. The molecule has 1 aliphatic rings. The summed E-state index contributed by atoms with van der Waals surface area (Å²) in [7, 11) is 0. The van der Waals surface area contributed by atoms with Crippen molar-refractivity contribution < 1.29 is 4.74 Å². The molecule has 70 valence electrons. The van der Waals surface area contributed by atoms with Crippen LogP contribution in [0.2, 0.25) is 5.15 Å². The first kappa shape index (κ1) is 8.72. The number of ether oxygens (including phenoxy) is 1. The Labute approximate surface area is 81.1 Å². The van der Waals surface area contributed by atoms with Crippen LogP contribution in [0.1, 0.15) is 24.8 Å². The van der Waals surface area contributed by atoms with E-state index < -0.39 is 0 Å². The number of nitrogens with two attached hydrogens (primary N) is 1. The summed E-state index contributed by atoms with van der Waals surface area (Å²) in [5, 5.41) is 0.373. The fraction of sp³-hybridized carbons (Fsp3) is 0.500. The lowest BCUT2D eigenvalue weighted by molar-refractivity contribution is 0.105. The minimum atomic E-state index is -0.0269. The molecule has 1 aromatic heterocycles. The van der Waals surface area contributed by atoms with Crippen molar-refractivity contribution in [3.8, 4) is 0 Å². The first-order valence-electron chi connectivity index (χ1n) is 4.17. The topological polar surface area (TPSA) is 61.0 Å². The van der Waals surface area contributed by atoms with Crippen LogP contribution >= 0.6 is 11.6 Å². The van der Waals surface area contributed by atoms with Crippen LogP contribution in [0.3, 0.4) is 0 Å². The smallest absolute Gasteiger partial charge is 0.161 e. The molecule has 1 unspecified atom stereocenters. The molecule has 13 heavy (non-hydrogen) atoms. The predicted octanol–water partition coefficient (Wildman–Crippen LogP) is 1.56. The van der Waals surface area contributed by atoms with Crippen LogP contribution in [0, 0.1) is 0 Å². The molecule has 1 aliphatic heterocycles. The standard InChI is InChI=1S/C8H10ClN3O/c9-6-4-7(10)12-8(11-6)5-2-1-3-13-5/h4-5H,1-3H2,(H2,10,11,12). The van der Waals surface area contributed by atoms with Crippen molar-refractivity contribution in [1.29, 1.82) is 0 Å². The van der Waals surface area contributed by atoms with Gasteiger partial charge >= 0.3 is 0 Å². The molecule has 5 heteroatoms. The zero-order valence-electron chi connectivity index (χ0n) is 7.03. The molecule has 0 aromatic carbocycles. The van der Waals surface area contributed by atoms with Crippen molar-refractivity contribution in [3.63, 3.8) is 0 Å². The van der Waals surface area contributed by atoms with Crippen molar-refractivity contribution in [3.05, 3.63) is 17.0 Å². The Morgan fingerprint density at radius 1 is 1.54 bits per heavy atom. The molecule has 0 radical (unpaired) electrons. The van der Waals surface area contributed by atoms with Crippen LogP contribution in [-0.2, 0) is 4.74 Å². The summed E-state index contributed by atoms with van der Waals surface area (Å²) in [6, 6.07) is 1.53. The van der Waals surface area contributed by atoms with Gasteiger partial charge in [0.05, 0.1) is 0 Å². The summed E-state index contributed by atoms with van der Waals surface area (Å²) in [6.45, 7) is 0.764. The van der Waals surface area contributed by atoms with Crippen LogP contribution in [0.25, 0.3) is 0 Å². The SMILES string of the molecule is Nc1cc(Cl)nc(C2CCCO2)n1. The largest absolute Gasteiger partial charge is 0.384 e. The summed E-state index contributed by atoms with van der Waals surface area (Å²) < 4.78 is 5.41. The Morgan fingerprint density at radius 2 is 2.38 bits per heavy atom. The molecule has 2 N–H and O–H groups in total. The molecule has 2 heterocycles. The average molecular weight is 200 g/mol. The van der Waals surface area contributed by atoms with Crippen molar-refractivity contribution in [1.82, 2.24) is 9.97 Å². The summed E-state index contributed by atoms with van der Waals surface area (Å²) >= 11 is 5.74. The van der Waals surface area contributed by atoms with Crippen molar-refractivity contribution in [2.45, 2.75) is 18.9 Å². The van der Waals surface area contributed by atoms with Crippen LogP contribution in [0.4, 0.5) is 5.82 Å². The van der Waals surface area contributed by atoms with Crippen molar-refractivity contribution in [2.75, 3.05) is 12.3 Å². The van der Waals surface area contributed by atoms with Gasteiger partial charge in [0.2, 0.25) is 0 Å². The van der Waals surface area contributed by atoms with Gasteiger partial charge in [0.25, 0.3) is 0 Å². The highest BCUT2D eigenvalue weighted by molar-refractivity contribution is 6.29. The number of hydrogen-bond acceptors (Lipinski definition) is 4. The fourth-order valence-corrected chi connectivity index (χ4v) is 1.58. The number of anilines is 1. The molecule has 4 nitrogen and oxygen atoms in total. The monoisotopic (exact) mass is 199 g/mol. The maximum absolute atomic E-state index is 5.74. The third kappa shape index (κ3) is 1.89. The number of nitrogens with zero attached hydrogens (tertiary/aromatic N) is 2. The van der Waals surface area contributed by atoms with E-state index in [-0.39, 0.29) is 6.10 Å². The Hall–Kier alpha value is -0.870. The lowest BCUT2D eigenvalue weighted by Gasteiger charge is -2.07. The Kier molecular flexibility index (Phi) is 2.33. The lowest BCUT2D eigenvalue weighted by atomic mass is 10.2. The minimum Gasteiger partial charge on any atom is -0.384 e. The van der Waals surface area contributed by atoms with Gasteiger partial charge in [0, 0.05) is 12.7 Å². The van der Waals surface area contributed by atoms with Crippen LogP contribution in [-0.4, -0.2) is 16.6 Å². The summed E-state index contributed by atoms with van der Waals surface area (Å²) in [4.78, 5) is 8.14. The molecule has 2 rings (SSSR count). The van der Waals surface area contributed by atoms with Gasteiger partial charge < -0.3 is 10.5 Å². The van der Waals surface area contributed by atoms with Crippen LogP contribution in [0.5, 0.6) is 0 Å². The Bertz CT molecular complexity index is 292. The Morgan fingerprint density at radius 3 is 3.00 bits per heavy atom. The summed E-state index contributed by atoms with van der Waals surface area (Å²) in [5.74, 6) is 0.994. The maximum atomic E-state index is 5.74. The highest BCUT2D eigenvalue weighted by atomic mass is 35.5. The second kappa shape index (κ2) is 3.47. The van der Waals surface area contributed by atoms with Gasteiger partial charge in [-0.2, -0.15) is 0 Å². The first-order valence-corrected chi connectivity index (χ1v) is 4.55. The Balaban J connectivity index is 2.28. The van der Waals surface area contributed by atoms with Gasteiger partial charge in [0.1, 0.15) is 17.1 Å². The molecule has 0 spiro atoms. The maximum Gasteiger partial charge on any atom is 0.161 e. The van der Waals surface area contributed by atoms with E-state index in [2.05, 4.69) is 9.97 Å². The van der Waals surface area contributed by atoms with Gasteiger partial charge in [-0.25, -0.2) is 9.97 Å². The van der Waals surface area contributed by atoms with E-state index >= 15 is 0 Å². The van der Waals surface area contributed by atoms with Crippen molar-refractivity contribution >= 4 is 17.4 Å². The molecule has 1 atom stereocenters. The van der Waals surface area contributed by atoms with E-state index in [1.807, 2.05) is 0 Å². The molecule has 1 aromatic rings. The molecule has 0 amide bonds. The minimum absolute atomic E-state index is 0.0269. The molecule has 1 fully saturated rings. The quantitative estimate of drug-likeness (QED) is 0.698. The zero-order valence-corrected chi connectivity index (χ0v) is 7.79. The second-order valence-electron chi connectivity index (χ2n) is 2.98. The van der Waals surface area contributed by atoms with E-state index in [9.17, 15) is 0 Å². The normalized spacial score (nSPS) is 22.1. The molecule has 1 saturated heterocycles. The molecule has 0 bridgehead atoms.